The highest BCUT2D eigenvalue weighted by Crippen LogP contribution is 2.49. The van der Waals surface area contributed by atoms with Crippen LogP contribution in [0.2, 0.25) is 0 Å². The first-order valence-electron chi connectivity index (χ1n) is 14.0. The third-order valence-electron chi connectivity index (χ3n) is 6.50. The predicted octanol–water partition coefficient (Wildman–Crippen LogP) is 11.0. The molecule has 0 saturated carbocycles. The minimum atomic E-state index is -0.682. The van der Waals surface area contributed by atoms with E-state index in [0.717, 1.165) is 13.0 Å². The first-order valence-corrected chi connectivity index (χ1v) is 14.0. The number of rotatable bonds is 9. The molecule has 2 heteroatoms. The molecule has 208 valence electrons. The molecule has 0 saturated heterocycles. The summed E-state index contributed by atoms with van der Waals surface area (Å²) in [6.07, 6.45) is 2.95. The molecule has 0 amide bonds. The summed E-state index contributed by atoms with van der Waals surface area (Å²) in [7, 11) is 0. The molecular formula is C31H72O2. The van der Waals surface area contributed by atoms with Gasteiger partial charge in [-0.1, -0.05) is 118 Å². The number of ether oxygens (including phenoxy) is 1. The second kappa shape index (κ2) is 18.2. The van der Waals surface area contributed by atoms with Gasteiger partial charge in [-0.25, -0.2) is 0 Å². The highest BCUT2D eigenvalue weighted by Gasteiger charge is 2.43. The van der Waals surface area contributed by atoms with Gasteiger partial charge in [0.15, 0.2) is 0 Å². The Labute approximate surface area is 214 Å². The molecule has 0 aromatic rings. The third kappa shape index (κ3) is 19.9. The number of hydrogen-bond donors (Lipinski definition) is 1. The lowest BCUT2D eigenvalue weighted by Crippen LogP contribution is -2.46. The molecule has 0 aliphatic heterocycles. The summed E-state index contributed by atoms with van der Waals surface area (Å²) >= 11 is 0. The normalized spacial score (nSPS) is 12.5. The van der Waals surface area contributed by atoms with E-state index < -0.39 is 5.60 Å². The summed E-state index contributed by atoms with van der Waals surface area (Å²) < 4.78 is 6.39. The molecule has 0 bridgehead atoms. The maximum Gasteiger partial charge on any atom is 0.0678 e. The van der Waals surface area contributed by atoms with E-state index in [-0.39, 0.29) is 21.8 Å². The van der Waals surface area contributed by atoms with Crippen LogP contribution < -0.4 is 0 Å². The van der Waals surface area contributed by atoms with Gasteiger partial charge in [-0.3, -0.25) is 0 Å². The molecule has 0 aliphatic rings. The van der Waals surface area contributed by atoms with Crippen molar-refractivity contribution in [2.75, 3.05) is 6.61 Å². The van der Waals surface area contributed by atoms with Crippen LogP contribution in [0.1, 0.15) is 165 Å². The van der Waals surface area contributed by atoms with Crippen LogP contribution in [-0.2, 0) is 4.74 Å². The van der Waals surface area contributed by atoms with E-state index in [1.165, 1.54) is 6.42 Å². The van der Waals surface area contributed by atoms with Crippen molar-refractivity contribution in [3.63, 3.8) is 0 Å². The van der Waals surface area contributed by atoms with Gasteiger partial charge in [0.25, 0.3) is 0 Å². The Morgan fingerprint density at radius 3 is 1.09 bits per heavy atom. The second-order valence-corrected chi connectivity index (χ2v) is 12.5. The SMILES string of the molecule is CC.CC.CC.CC.CC(C)(C)CC(C)(C)C(C)(C)CCOC(C)(C)C(C)(C)CC(C)(C)O. The van der Waals surface area contributed by atoms with Gasteiger partial charge in [-0.05, 0) is 68.6 Å². The quantitative estimate of drug-likeness (QED) is 0.358. The van der Waals surface area contributed by atoms with Crippen LogP contribution in [0.5, 0.6) is 0 Å². The fraction of sp³-hybridized carbons (Fsp3) is 1.00. The smallest absolute Gasteiger partial charge is 0.0678 e. The number of hydrogen-bond acceptors (Lipinski definition) is 2. The van der Waals surface area contributed by atoms with E-state index >= 15 is 0 Å². The zero-order valence-corrected chi connectivity index (χ0v) is 27.7. The predicted molar refractivity (Wildman–Crippen MR) is 156 cm³/mol. The van der Waals surface area contributed by atoms with Gasteiger partial charge < -0.3 is 9.84 Å². The van der Waals surface area contributed by atoms with Crippen molar-refractivity contribution in [2.24, 2.45) is 21.7 Å². The Morgan fingerprint density at radius 2 is 0.818 bits per heavy atom. The van der Waals surface area contributed by atoms with Crippen molar-refractivity contribution in [3.8, 4) is 0 Å². The maximum absolute atomic E-state index is 10.2. The monoisotopic (exact) mass is 477 g/mol. The van der Waals surface area contributed by atoms with Crippen molar-refractivity contribution >= 4 is 0 Å². The Balaban J connectivity index is -0.000000292. The molecule has 0 atom stereocenters. The van der Waals surface area contributed by atoms with Crippen LogP contribution in [0, 0.1) is 21.7 Å². The lowest BCUT2D eigenvalue weighted by Gasteiger charge is -2.47. The summed E-state index contributed by atoms with van der Waals surface area (Å²) in [6, 6.07) is 0. The molecule has 0 heterocycles. The third-order valence-corrected chi connectivity index (χ3v) is 6.50. The van der Waals surface area contributed by atoms with Gasteiger partial charge in [0.2, 0.25) is 0 Å². The summed E-state index contributed by atoms with van der Waals surface area (Å²) in [6.45, 7) is 45.7. The molecule has 33 heavy (non-hydrogen) atoms. The van der Waals surface area contributed by atoms with Crippen molar-refractivity contribution in [3.05, 3.63) is 0 Å². The molecule has 1 N–H and O–H groups in total. The van der Waals surface area contributed by atoms with E-state index in [0.29, 0.717) is 11.8 Å². The molecule has 0 rings (SSSR count). The van der Waals surface area contributed by atoms with E-state index in [9.17, 15) is 5.11 Å². The van der Waals surface area contributed by atoms with Crippen LogP contribution in [0.4, 0.5) is 0 Å². The summed E-state index contributed by atoms with van der Waals surface area (Å²) in [5.41, 5.74) is -0.278. The molecule has 2 nitrogen and oxygen atoms in total. The molecular weight excluding hydrogens is 404 g/mol. The average Bonchev–Trinajstić information content (AvgIpc) is 2.64. The highest BCUT2D eigenvalue weighted by molar-refractivity contribution is 4.93. The van der Waals surface area contributed by atoms with Gasteiger partial charge in [0, 0.05) is 6.61 Å². The van der Waals surface area contributed by atoms with Crippen LogP contribution in [0.25, 0.3) is 0 Å². The van der Waals surface area contributed by atoms with Gasteiger partial charge in [-0.2, -0.15) is 0 Å². The van der Waals surface area contributed by atoms with Crippen LogP contribution in [0.3, 0.4) is 0 Å². The zero-order chi connectivity index (χ0) is 28.5. The molecule has 0 fully saturated rings. The van der Waals surface area contributed by atoms with Crippen molar-refractivity contribution in [2.45, 2.75) is 176 Å². The summed E-state index contributed by atoms with van der Waals surface area (Å²) in [5, 5.41) is 10.2. The Hall–Kier alpha value is -0.0800. The van der Waals surface area contributed by atoms with Crippen molar-refractivity contribution < 1.29 is 9.84 Å². The molecule has 0 aliphatic carbocycles. The molecule has 0 spiro atoms. The fourth-order valence-corrected chi connectivity index (χ4v) is 3.95. The van der Waals surface area contributed by atoms with Gasteiger partial charge >= 0.3 is 0 Å². The zero-order valence-electron chi connectivity index (χ0n) is 27.7. The van der Waals surface area contributed by atoms with E-state index in [1.54, 1.807) is 0 Å². The second-order valence-electron chi connectivity index (χ2n) is 12.5. The minimum Gasteiger partial charge on any atom is -0.390 e. The van der Waals surface area contributed by atoms with E-state index in [4.69, 9.17) is 4.74 Å². The van der Waals surface area contributed by atoms with Crippen LogP contribution >= 0.6 is 0 Å². The van der Waals surface area contributed by atoms with Crippen molar-refractivity contribution in [1.29, 1.82) is 0 Å². The molecule has 0 radical (unpaired) electrons. The van der Waals surface area contributed by atoms with E-state index in [2.05, 4.69) is 76.2 Å². The topological polar surface area (TPSA) is 29.5 Å². The summed E-state index contributed by atoms with van der Waals surface area (Å²) in [4.78, 5) is 0. The average molecular weight is 477 g/mol. The van der Waals surface area contributed by atoms with Gasteiger partial charge in [0.1, 0.15) is 0 Å². The number of aliphatic hydroxyl groups is 1. The highest BCUT2D eigenvalue weighted by atomic mass is 16.5. The first kappa shape index (κ1) is 43.0. The Morgan fingerprint density at radius 1 is 0.485 bits per heavy atom. The fourth-order valence-electron chi connectivity index (χ4n) is 3.95. The lowest BCUT2D eigenvalue weighted by atomic mass is 9.60. The molecule has 0 aromatic heterocycles. The first-order chi connectivity index (χ1) is 14.6. The van der Waals surface area contributed by atoms with Crippen LogP contribution in [0.15, 0.2) is 0 Å². The maximum atomic E-state index is 10.2. The lowest BCUT2D eigenvalue weighted by molar-refractivity contribution is -0.131. The molecule has 0 unspecified atom stereocenters. The Bertz CT molecular complexity index is 375. The van der Waals surface area contributed by atoms with Crippen LogP contribution in [-0.4, -0.2) is 22.9 Å². The van der Waals surface area contributed by atoms with Gasteiger partial charge in [0.05, 0.1) is 11.2 Å². The minimum absolute atomic E-state index is 0.101. The van der Waals surface area contributed by atoms with Gasteiger partial charge in [-0.15, -0.1) is 0 Å². The standard InChI is InChI=1S/C23H48O2.4C2H6/c1-18(2,3)16-20(6,7)19(4,5)14-15-25-23(12,13)21(8,9)17-22(10,11)24;4*1-2/h24H,14-17H2,1-13H3;4*1-2H3. The largest absolute Gasteiger partial charge is 0.390 e. The molecule has 0 aromatic carbocycles. The van der Waals surface area contributed by atoms with E-state index in [1.807, 2.05) is 69.2 Å². The summed E-state index contributed by atoms with van der Waals surface area (Å²) in [5.74, 6) is 0. The Kier molecular flexibility index (Phi) is 23.8. The van der Waals surface area contributed by atoms with Crippen molar-refractivity contribution in [1.82, 2.24) is 0 Å².